The molecule has 0 aromatic heterocycles. The highest BCUT2D eigenvalue weighted by atomic mass is 16.6. The van der Waals surface area contributed by atoms with Crippen LogP contribution in [0.5, 0.6) is 17.2 Å². The molecular formula is C24H25NO4. The lowest BCUT2D eigenvalue weighted by atomic mass is 10.1. The minimum absolute atomic E-state index is 0.198. The molecule has 0 aliphatic heterocycles. The van der Waals surface area contributed by atoms with Crippen LogP contribution in [0.4, 0.5) is 4.79 Å². The molecular weight excluding hydrogens is 366 g/mol. The fourth-order valence-electron chi connectivity index (χ4n) is 2.85. The van der Waals surface area contributed by atoms with Crippen molar-refractivity contribution in [3.63, 3.8) is 0 Å². The molecule has 0 heterocycles. The van der Waals surface area contributed by atoms with Crippen LogP contribution in [0.15, 0.2) is 84.9 Å². The van der Waals surface area contributed by atoms with Crippen LogP contribution in [0.2, 0.25) is 0 Å². The average molecular weight is 391 g/mol. The number of rotatable bonds is 8. The molecule has 0 radical (unpaired) electrons. The van der Waals surface area contributed by atoms with E-state index in [1.807, 2.05) is 72.8 Å². The Hall–Kier alpha value is -3.47. The van der Waals surface area contributed by atoms with Gasteiger partial charge in [-0.15, -0.1) is 0 Å². The largest absolute Gasteiger partial charge is 0.497 e. The summed E-state index contributed by atoms with van der Waals surface area (Å²) in [7, 11) is 3.35. The number of benzene rings is 3. The van der Waals surface area contributed by atoms with Gasteiger partial charge in [0.2, 0.25) is 0 Å². The number of carbonyl (C=O) groups excluding carboxylic acids is 1. The van der Waals surface area contributed by atoms with Crippen LogP contribution in [-0.4, -0.2) is 31.7 Å². The third-order valence-electron chi connectivity index (χ3n) is 4.50. The Bertz CT molecular complexity index is 882. The second kappa shape index (κ2) is 10.2. The number of carbonyl (C=O) groups is 1. The van der Waals surface area contributed by atoms with Crippen LogP contribution < -0.4 is 14.2 Å². The predicted molar refractivity (Wildman–Crippen MR) is 113 cm³/mol. The zero-order valence-electron chi connectivity index (χ0n) is 16.7. The molecule has 1 unspecified atom stereocenters. The Morgan fingerprint density at radius 1 is 0.828 bits per heavy atom. The summed E-state index contributed by atoms with van der Waals surface area (Å²) in [4.78, 5) is 13.9. The van der Waals surface area contributed by atoms with Gasteiger partial charge >= 0.3 is 6.09 Å². The molecule has 29 heavy (non-hydrogen) atoms. The number of hydrogen-bond acceptors (Lipinski definition) is 4. The molecule has 150 valence electrons. The predicted octanol–water partition coefficient (Wildman–Crippen LogP) is 5.34. The van der Waals surface area contributed by atoms with E-state index in [1.54, 1.807) is 31.2 Å². The number of ether oxygens (including phenoxy) is 3. The van der Waals surface area contributed by atoms with Gasteiger partial charge in [0.05, 0.1) is 7.11 Å². The molecule has 0 saturated heterocycles. The minimum Gasteiger partial charge on any atom is -0.497 e. The minimum atomic E-state index is -0.396. The van der Waals surface area contributed by atoms with Crippen molar-refractivity contribution < 1.29 is 19.0 Å². The highest BCUT2D eigenvalue weighted by Crippen LogP contribution is 2.26. The smallest absolute Gasteiger partial charge is 0.414 e. The molecule has 0 bridgehead atoms. The van der Waals surface area contributed by atoms with E-state index in [4.69, 9.17) is 14.2 Å². The van der Waals surface area contributed by atoms with Crippen molar-refractivity contribution in [2.45, 2.75) is 12.5 Å². The second-order valence-electron chi connectivity index (χ2n) is 6.58. The van der Waals surface area contributed by atoms with Gasteiger partial charge in [0.1, 0.15) is 23.4 Å². The van der Waals surface area contributed by atoms with Crippen LogP contribution >= 0.6 is 0 Å². The first kappa shape index (κ1) is 20.3. The molecule has 0 fully saturated rings. The Labute approximate surface area is 171 Å². The van der Waals surface area contributed by atoms with E-state index in [2.05, 4.69) is 0 Å². The molecule has 0 aliphatic rings. The number of methoxy groups -OCH3 is 1. The Morgan fingerprint density at radius 3 is 2.03 bits per heavy atom. The third-order valence-corrected chi connectivity index (χ3v) is 4.50. The summed E-state index contributed by atoms with van der Waals surface area (Å²) in [6.07, 6.45) is 0.0280. The van der Waals surface area contributed by atoms with Crippen LogP contribution in [-0.2, 0) is 0 Å². The zero-order chi connectivity index (χ0) is 20.5. The van der Waals surface area contributed by atoms with Crippen molar-refractivity contribution in [3.05, 3.63) is 90.5 Å². The maximum atomic E-state index is 12.3. The van der Waals surface area contributed by atoms with Gasteiger partial charge in [0.15, 0.2) is 0 Å². The van der Waals surface area contributed by atoms with Gasteiger partial charge in [0, 0.05) is 20.0 Å². The Balaban J connectivity index is 1.64. The SMILES string of the molecule is COc1ccc(OC(CCN(C)C(=O)Oc2ccccc2)c2ccccc2)cc1. The lowest BCUT2D eigenvalue weighted by molar-refractivity contribution is 0.145. The van der Waals surface area contributed by atoms with E-state index in [0.717, 1.165) is 17.1 Å². The van der Waals surface area contributed by atoms with E-state index in [1.165, 1.54) is 0 Å². The van der Waals surface area contributed by atoms with E-state index in [-0.39, 0.29) is 6.10 Å². The van der Waals surface area contributed by atoms with Crippen molar-refractivity contribution >= 4 is 6.09 Å². The van der Waals surface area contributed by atoms with E-state index in [9.17, 15) is 4.79 Å². The lowest BCUT2D eigenvalue weighted by Gasteiger charge is -2.23. The van der Waals surface area contributed by atoms with Gasteiger partial charge in [-0.1, -0.05) is 48.5 Å². The van der Waals surface area contributed by atoms with E-state index in [0.29, 0.717) is 18.7 Å². The number of para-hydroxylation sites is 1. The van der Waals surface area contributed by atoms with Crippen LogP contribution in [0.25, 0.3) is 0 Å². The first-order valence-electron chi connectivity index (χ1n) is 9.49. The normalized spacial score (nSPS) is 11.4. The third kappa shape index (κ3) is 6.01. The highest BCUT2D eigenvalue weighted by Gasteiger charge is 2.18. The summed E-state index contributed by atoms with van der Waals surface area (Å²) in [5.74, 6) is 2.05. The average Bonchev–Trinajstić information content (AvgIpc) is 2.78. The summed E-state index contributed by atoms with van der Waals surface area (Å²) in [5.41, 5.74) is 1.05. The number of hydrogen-bond donors (Lipinski definition) is 0. The Kier molecular flexibility index (Phi) is 7.11. The molecule has 5 heteroatoms. The summed E-state index contributed by atoms with van der Waals surface area (Å²) in [6, 6.07) is 26.5. The molecule has 0 N–H and O–H groups in total. The molecule has 1 atom stereocenters. The first-order chi connectivity index (χ1) is 14.2. The zero-order valence-corrected chi connectivity index (χ0v) is 16.7. The van der Waals surface area contributed by atoms with Crippen LogP contribution in [0, 0.1) is 0 Å². The maximum absolute atomic E-state index is 12.3. The molecule has 0 aliphatic carbocycles. The van der Waals surface area contributed by atoms with Gasteiger partial charge in [0.25, 0.3) is 0 Å². The molecule has 0 spiro atoms. The summed E-state index contributed by atoms with van der Waals surface area (Å²) in [5, 5.41) is 0. The van der Waals surface area contributed by atoms with Gasteiger partial charge in [-0.05, 0) is 42.0 Å². The molecule has 3 aromatic rings. The summed E-state index contributed by atoms with van der Waals surface area (Å²) in [6.45, 7) is 0.487. The van der Waals surface area contributed by atoms with Gasteiger partial charge in [-0.3, -0.25) is 0 Å². The van der Waals surface area contributed by atoms with Crippen molar-refractivity contribution in [2.75, 3.05) is 20.7 Å². The standard InChI is InChI=1S/C24H25NO4/c1-25(24(26)29-21-11-7-4-8-12-21)18-17-23(19-9-5-3-6-10-19)28-22-15-13-20(27-2)14-16-22/h3-16,23H,17-18H2,1-2H3. The lowest BCUT2D eigenvalue weighted by Crippen LogP contribution is -2.31. The Morgan fingerprint density at radius 2 is 1.41 bits per heavy atom. The van der Waals surface area contributed by atoms with E-state index >= 15 is 0 Å². The topological polar surface area (TPSA) is 48.0 Å². The summed E-state index contributed by atoms with van der Waals surface area (Å²) < 4.78 is 16.8. The van der Waals surface area contributed by atoms with Crippen molar-refractivity contribution in [1.29, 1.82) is 0 Å². The van der Waals surface area contributed by atoms with Crippen molar-refractivity contribution in [3.8, 4) is 17.2 Å². The van der Waals surface area contributed by atoms with Crippen molar-refractivity contribution in [2.24, 2.45) is 0 Å². The highest BCUT2D eigenvalue weighted by molar-refractivity contribution is 5.70. The first-order valence-corrected chi connectivity index (χ1v) is 9.49. The van der Waals surface area contributed by atoms with Crippen LogP contribution in [0.1, 0.15) is 18.1 Å². The van der Waals surface area contributed by atoms with Crippen LogP contribution in [0.3, 0.4) is 0 Å². The monoisotopic (exact) mass is 391 g/mol. The fourth-order valence-corrected chi connectivity index (χ4v) is 2.85. The molecule has 3 rings (SSSR count). The molecule has 1 amide bonds. The number of nitrogens with zero attached hydrogens (tertiary/aromatic N) is 1. The maximum Gasteiger partial charge on any atom is 0.414 e. The van der Waals surface area contributed by atoms with Gasteiger partial charge < -0.3 is 19.1 Å². The molecule has 5 nitrogen and oxygen atoms in total. The van der Waals surface area contributed by atoms with Gasteiger partial charge in [-0.25, -0.2) is 4.79 Å². The van der Waals surface area contributed by atoms with Gasteiger partial charge in [-0.2, -0.15) is 0 Å². The van der Waals surface area contributed by atoms with E-state index < -0.39 is 6.09 Å². The number of amides is 1. The van der Waals surface area contributed by atoms with Crippen molar-refractivity contribution in [1.82, 2.24) is 4.90 Å². The molecule has 0 saturated carbocycles. The quantitative estimate of drug-likeness (QED) is 0.520. The molecule has 3 aromatic carbocycles. The summed E-state index contributed by atoms with van der Waals surface area (Å²) >= 11 is 0. The fraction of sp³-hybridized carbons (Fsp3) is 0.208. The second-order valence-corrected chi connectivity index (χ2v) is 6.58.